The smallest absolute Gasteiger partial charge is 0.111 e. The van der Waals surface area contributed by atoms with Crippen molar-refractivity contribution in [3.8, 4) is 0 Å². The van der Waals surface area contributed by atoms with Gasteiger partial charge in [-0.25, -0.2) is 0 Å². The largest absolute Gasteiger partial charge is 0.394 e. The molecule has 0 aliphatic carbocycles. The highest BCUT2D eigenvalue weighted by atomic mass is 32.2. The molecule has 1 saturated heterocycles. The van der Waals surface area contributed by atoms with Crippen LogP contribution >= 0.6 is 23.5 Å². The van der Waals surface area contributed by atoms with E-state index in [0.717, 1.165) is 17.9 Å². The summed E-state index contributed by atoms with van der Waals surface area (Å²) in [6.45, 7) is -0.643. The van der Waals surface area contributed by atoms with Crippen LogP contribution in [0, 0.1) is 0 Å². The Labute approximate surface area is 103 Å². The number of aliphatic hydroxyl groups excluding tert-OH is 5. The Morgan fingerprint density at radius 1 is 1.00 bits per heavy atom. The first-order chi connectivity index (χ1) is 7.57. The molecule has 0 spiro atoms. The molecule has 1 heterocycles. The van der Waals surface area contributed by atoms with Gasteiger partial charge >= 0.3 is 0 Å². The van der Waals surface area contributed by atoms with E-state index in [1.807, 2.05) is 0 Å². The molecule has 0 bridgehead atoms. The van der Waals surface area contributed by atoms with Crippen molar-refractivity contribution in [2.24, 2.45) is 0 Å². The Bertz CT molecular complexity index is 194. The van der Waals surface area contributed by atoms with Gasteiger partial charge in [0.05, 0.1) is 11.2 Å². The van der Waals surface area contributed by atoms with Gasteiger partial charge in [0.2, 0.25) is 0 Å². The minimum absolute atomic E-state index is 0.190. The third-order valence-corrected chi connectivity index (χ3v) is 5.49. The highest BCUT2D eigenvalue weighted by Crippen LogP contribution is 2.34. The molecular formula is C9H18O5S2. The van der Waals surface area contributed by atoms with Crippen LogP contribution in [0.1, 0.15) is 6.42 Å². The molecule has 5 nitrogen and oxygen atoms in total. The summed E-state index contributed by atoms with van der Waals surface area (Å²) in [6.07, 6.45) is -4.43. The van der Waals surface area contributed by atoms with Crippen molar-refractivity contribution >= 4 is 23.5 Å². The minimum atomic E-state index is -1.52. The summed E-state index contributed by atoms with van der Waals surface area (Å²) in [7, 11) is 0. The predicted molar refractivity (Wildman–Crippen MR) is 64.4 cm³/mol. The molecule has 7 heteroatoms. The van der Waals surface area contributed by atoms with Crippen molar-refractivity contribution in [1.29, 1.82) is 0 Å². The van der Waals surface area contributed by atoms with Gasteiger partial charge in [-0.2, -0.15) is 0 Å². The van der Waals surface area contributed by atoms with Crippen LogP contribution in [0.3, 0.4) is 0 Å². The fraction of sp³-hybridized carbons (Fsp3) is 1.00. The third-order valence-electron chi connectivity index (χ3n) is 2.41. The lowest BCUT2D eigenvalue weighted by Crippen LogP contribution is -2.49. The summed E-state index contributed by atoms with van der Waals surface area (Å²) in [5.74, 6) is 1.83. The van der Waals surface area contributed by atoms with Crippen LogP contribution < -0.4 is 0 Å². The average Bonchev–Trinajstić information content (AvgIpc) is 2.36. The first-order valence-corrected chi connectivity index (χ1v) is 7.24. The zero-order valence-corrected chi connectivity index (χ0v) is 10.4. The maximum absolute atomic E-state index is 9.81. The Kier molecular flexibility index (Phi) is 6.42. The Morgan fingerprint density at radius 3 is 2.06 bits per heavy atom. The lowest BCUT2D eigenvalue weighted by Gasteiger charge is -2.32. The van der Waals surface area contributed by atoms with Gasteiger partial charge in [0.15, 0.2) is 0 Å². The Hall–Kier alpha value is 0.500. The molecule has 0 radical (unpaired) electrons. The second kappa shape index (κ2) is 7.05. The summed E-state index contributed by atoms with van der Waals surface area (Å²) in [6, 6.07) is 0. The van der Waals surface area contributed by atoms with Gasteiger partial charge in [0.1, 0.15) is 24.4 Å². The molecule has 0 aromatic heterocycles. The van der Waals surface area contributed by atoms with E-state index < -0.39 is 31.0 Å². The topological polar surface area (TPSA) is 101 Å². The molecular weight excluding hydrogens is 252 g/mol. The number of thioether (sulfide) groups is 2. The summed E-state index contributed by atoms with van der Waals surface area (Å²) in [5.41, 5.74) is 0. The Balaban J connectivity index is 2.47. The van der Waals surface area contributed by atoms with Crippen LogP contribution in [0.15, 0.2) is 0 Å². The van der Waals surface area contributed by atoms with E-state index >= 15 is 0 Å². The summed E-state index contributed by atoms with van der Waals surface area (Å²) >= 11 is 3.07. The van der Waals surface area contributed by atoms with Crippen LogP contribution in [0.2, 0.25) is 0 Å². The van der Waals surface area contributed by atoms with Crippen molar-refractivity contribution in [2.75, 3.05) is 18.1 Å². The Morgan fingerprint density at radius 2 is 1.56 bits per heavy atom. The van der Waals surface area contributed by atoms with Crippen LogP contribution in [-0.4, -0.2) is 72.6 Å². The molecule has 96 valence electrons. The van der Waals surface area contributed by atoms with E-state index in [4.69, 9.17) is 10.2 Å². The van der Waals surface area contributed by atoms with E-state index in [0.29, 0.717) is 0 Å². The van der Waals surface area contributed by atoms with E-state index in [2.05, 4.69) is 0 Å². The highest BCUT2D eigenvalue weighted by molar-refractivity contribution is 8.17. The lowest BCUT2D eigenvalue weighted by molar-refractivity contribution is -0.111. The quantitative estimate of drug-likeness (QED) is 0.420. The molecule has 1 aliphatic rings. The predicted octanol–water partition coefficient (Wildman–Crippen LogP) is -1.38. The van der Waals surface area contributed by atoms with Gasteiger partial charge in [-0.1, -0.05) is 0 Å². The standard InChI is InChI=1S/C9H18O5S2/c10-4-5(11)6(12)7(13)8(14)9-15-2-1-3-16-9/h5-14H,1-4H2/t5-,6-,7-,8+/m1/s1. The molecule has 1 aliphatic heterocycles. The van der Waals surface area contributed by atoms with Gasteiger partial charge in [-0.15, -0.1) is 23.5 Å². The van der Waals surface area contributed by atoms with Crippen LogP contribution in [0.5, 0.6) is 0 Å². The molecule has 4 atom stereocenters. The molecule has 0 amide bonds. The van der Waals surface area contributed by atoms with E-state index in [-0.39, 0.29) is 4.58 Å². The molecule has 0 unspecified atom stereocenters. The monoisotopic (exact) mass is 270 g/mol. The summed E-state index contributed by atoms with van der Waals surface area (Å²) < 4.78 is -0.190. The normalized spacial score (nSPS) is 26.1. The fourth-order valence-corrected chi connectivity index (χ4v) is 4.35. The van der Waals surface area contributed by atoms with Crippen molar-refractivity contribution in [1.82, 2.24) is 0 Å². The van der Waals surface area contributed by atoms with Gasteiger partial charge < -0.3 is 25.5 Å². The van der Waals surface area contributed by atoms with Gasteiger partial charge in [-0.3, -0.25) is 0 Å². The molecule has 0 saturated carbocycles. The zero-order chi connectivity index (χ0) is 12.1. The second-order valence-corrected chi connectivity index (χ2v) is 6.48. The van der Waals surface area contributed by atoms with E-state index in [1.165, 1.54) is 23.5 Å². The third kappa shape index (κ3) is 3.76. The van der Waals surface area contributed by atoms with E-state index in [1.54, 1.807) is 0 Å². The molecule has 1 fully saturated rings. The van der Waals surface area contributed by atoms with Crippen molar-refractivity contribution in [3.05, 3.63) is 0 Å². The lowest BCUT2D eigenvalue weighted by atomic mass is 10.0. The maximum Gasteiger partial charge on any atom is 0.111 e. The van der Waals surface area contributed by atoms with E-state index in [9.17, 15) is 15.3 Å². The highest BCUT2D eigenvalue weighted by Gasteiger charge is 2.35. The second-order valence-electron chi connectivity index (χ2n) is 3.69. The zero-order valence-electron chi connectivity index (χ0n) is 8.77. The number of rotatable bonds is 5. The van der Waals surface area contributed by atoms with Crippen LogP contribution in [0.25, 0.3) is 0 Å². The van der Waals surface area contributed by atoms with Crippen LogP contribution in [-0.2, 0) is 0 Å². The van der Waals surface area contributed by atoms with Crippen molar-refractivity contribution in [2.45, 2.75) is 35.4 Å². The maximum atomic E-state index is 9.81. The summed E-state index contributed by atoms with van der Waals surface area (Å²) in [5, 5.41) is 46.7. The van der Waals surface area contributed by atoms with Crippen LogP contribution in [0.4, 0.5) is 0 Å². The first-order valence-electron chi connectivity index (χ1n) is 5.14. The average molecular weight is 270 g/mol. The molecule has 0 aromatic carbocycles. The molecule has 0 aromatic rings. The number of aliphatic hydroxyl groups is 5. The number of hydrogen-bond acceptors (Lipinski definition) is 7. The fourth-order valence-electron chi connectivity index (χ4n) is 1.40. The molecule has 1 rings (SSSR count). The minimum Gasteiger partial charge on any atom is -0.394 e. The molecule has 5 N–H and O–H groups in total. The summed E-state index contributed by atoms with van der Waals surface area (Å²) in [4.78, 5) is 0. The molecule has 16 heavy (non-hydrogen) atoms. The first kappa shape index (κ1) is 14.6. The number of hydrogen-bond donors (Lipinski definition) is 5. The van der Waals surface area contributed by atoms with Gasteiger partial charge in [0, 0.05) is 0 Å². The SMILES string of the molecule is OC[C@@H](O)[C@@H](O)[C@@H](O)[C@H](O)C1SCCCS1. The van der Waals surface area contributed by atoms with Crippen molar-refractivity contribution < 1.29 is 25.5 Å². The van der Waals surface area contributed by atoms with Gasteiger partial charge in [-0.05, 0) is 17.9 Å². The van der Waals surface area contributed by atoms with Gasteiger partial charge in [0.25, 0.3) is 0 Å². The van der Waals surface area contributed by atoms with Crippen molar-refractivity contribution in [3.63, 3.8) is 0 Å².